The maximum absolute atomic E-state index is 12.8. The van der Waals surface area contributed by atoms with Crippen molar-refractivity contribution in [3.63, 3.8) is 0 Å². The van der Waals surface area contributed by atoms with Gasteiger partial charge in [-0.05, 0) is 36.8 Å². The number of benzene rings is 1. The Labute approximate surface area is 182 Å². The Morgan fingerprint density at radius 3 is 2.74 bits per heavy atom. The van der Waals surface area contributed by atoms with Gasteiger partial charge in [-0.15, -0.1) is 11.3 Å². The third-order valence-electron chi connectivity index (χ3n) is 5.03. The van der Waals surface area contributed by atoms with E-state index in [1.54, 1.807) is 6.92 Å². The molecule has 0 unspecified atom stereocenters. The van der Waals surface area contributed by atoms with E-state index in [1.165, 1.54) is 11.3 Å². The lowest BCUT2D eigenvalue weighted by Crippen LogP contribution is -2.49. The summed E-state index contributed by atoms with van der Waals surface area (Å²) in [5.41, 5.74) is 2.36. The van der Waals surface area contributed by atoms with Gasteiger partial charge in [0.1, 0.15) is 5.54 Å². The van der Waals surface area contributed by atoms with Gasteiger partial charge in [0, 0.05) is 12.8 Å². The number of hydrogen-bond donors (Lipinski definition) is 2. The summed E-state index contributed by atoms with van der Waals surface area (Å²) in [6.07, 6.45) is 1.22. The molecule has 31 heavy (non-hydrogen) atoms. The van der Waals surface area contributed by atoms with Gasteiger partial charge >= 0.3 is 6.03 Å². The molecule has 0 spiro atoms. The Morgan fingerprint density at radius 2 is 2.00 bits per heavy atom. The molecule has 1 aromatic carbocycles. The monoisotopic (exact) mass is 439 g/mol. The van der Waals surface area contributed by atoms with Crippen molar-refractivity contribution in [3.05, 3.63) is 59.3 Å². The van der Waals surface area contributed by atoms with E-state index in [2.05, 4.69) is 20.9 Å². The first-order valence-electron chi connectivity index (χ1n) is 9.81. The standard InChI is InChI=1S/C21H21N5O4S/c1-21(12-11-14-6-3-2-4-7-14)19(28)26(20(29)23-21)24-16(27)9-10-17-22-18(25-30-17)15-8-5-13-31-15/h2-8,13H,9-12H2,1H3,(H,23,29)(H,24,27)/t21-/m1/s1. The van der Waals surface area contributed by atoms with Crippen LogP contribution in [0.2, 0.25) is 0 Å². The zero-order chi connectivity index (χ0) is 21.8. The maximum atomic E-state index is 12.8. The molecule has 10 heteroatoms. The maximum Gasteiger partial charge on any atom is 0.344 e. The third-order valence-corrected chi connectivity index (χ3v) is 5.90. The van der Waals surface area contributed by atoms with Gasteiger partial charge in [-0.2, -0.15) is 9.99 Å². The minimum absolute atomic E-state index is 0.0101. The summed E-state index contributed by atoms with van der Waals surface area (Å²) in [5, 5.41) is 9.23. The fourth-order valence-electron chi connectivity index (χ4n) is 3.26. The summed E-state index contributed by atoms with van der Waals surface area (Å²) in [7, 11) is 0. The number of imide groups is 1. The van der Waals surface area contributed by atoms with E-state index in [9.17, 15) is 14.4 Å². The number of rotatable bonds is 8. The van der Waals surface area contributed by atoms with Crippen LogP contribution in [-0.2, 0) is 22.4 Å². The molecule has 0 aliphatic carbocycles. The van der Waals surface area contributed by atoms with Crippen LogP contribution in [0.4, 0.5) is 4.79 Å². The van der Waals surface area contributed by atoms with Crippen LogP contribution in [0.25, 0.3) is 10.7 Å². The predicted octanol–water partition coefficient (Wildman–Crippen LogP) is 2.71. The SMILES string of the molecule is C[C@]1(CCc2ccccc2)NC(=O)N(NC(=O)CCc2nc(-c3cccs3)no2)C1=O. The van der Waals surface area contributed by atoms with Crippen molar-refractivity contribution < 1.29 is 18.9 Å². The van der Waals surface area contributed by atoms with Gasteiger partial charge < -0.3 is 9.84 Å². The van der Waals surface area contributed by atoms with Gasteiger partial charge in [0.25, 0.3) is 5.91 Å². The van der Waals surface area contributed by atoms with Crippen molar-refractivity contribution >= 4 is 29.2 Å². The van der Waals surface area contributed by atoms with E-state index in [1.807, 2.05) is 47.8 Å². The molecule has 9 nitrogen and oxygen atoms in total. The highest BCUT2D eigenvalue weighted by molar-refractivity contribution is 7.13. The lowest BCUT2D eigenvalue weighted by atomic mass is 9.93. The molecule has 2 aromatic heterocycles. The number of hydrogen-bond acceptors (Lipinski definition) is 7. The molecule has 2 N–H and O–H groups in total. The summed E-state index contributed by atoms with van der Waals surface area (Å²) in [4.78, 5) is 42.5. The quantitative estimate of drug-likeness (QED) is 0.521. The first-order chi connectivity index (χ1) is 14.9. The second-order valence-corrected chi connectivity index (χ2v) is 8.36. The van der Waals surface area contributed by atoms with Gasteiger partial charge in [-0.3, -0.25) is 15.0 Å². The van der Waals surface area contributed by atoms with Crippen LogP contribution in [0.1, 0.15) is 31.2 Å². The summed E-state index contributed by atoms with van der Waals surface area (Å²) < 4.78 is 5.16. The van der Waals surface area contributed by atoms with Crippen molar-refractivity contribution in [2.45, 2.75) is 38.1 Å². The Hall–Kier alpha value is -3.53. The summed E-state index contributed by atoms with van der Waals surface area (Å²) >= 11 is 1.48. The minimum atomic E-state index is -1.08. The van der Waals surface area contributed by atoms with Crippen LogP contribution < -0.4 is 10.7 Å². The molecule has 1 saturated heterocycles. The number of urea groups is 1. The Kier molecular flexibility index (Phi) is 5.81. The summed E-state index contributed by atoms with van der Waals surface area (Å²) in [6.45, 7) is 1.66. The average Bonchev–Trinajstić information content (AvgIpc) is 3.50. The van der Waals surface area contributed by atoms with Gasteiger partial charge in [-0.1, -0.05) is 41.6 Å². The van der Waals surface area contributed by atoms with Crippen LogP contribution >= 0.6 is 11.3 Å². The number of aryl methyl sites for hydroxylation is 2. The van der Waals surface area contributed by atoms with Crippen LogP contribution in [0, 0.1) is 0 Å². The van der Waals surface area contributed by atoms with Crippen molar-refractivity contribution in [2.24, 2.45) is 0 Å². The first kappa shape index (κ1) is 20.7. The second-order valence-electron chi connectivity index (χ2n) is 7.41. The molecule has 3 aromatic rings. The molecule has 160 valence electrons. The van der Waals surface area contributed by atoms with Crippen LogP contribution in [-0.4, -0.2) is 38.5 Å². The molecule has 4 amide bonds. The van der Waals surface area contributed by atoms with Gasteiger partial charge in [0.2, 0.25) is 17.6 Å². The molecule has 0 saturated carbocycles. The molecule has 0 radical (unpaired) electrons. The highest BCUT2D eigenvalue weighted by Gasteiger charge is 2.48. The zero-order valence-corrected chi connectivity index (χ0v) is 17.6. The number of amides is 4. The molecular formula is C21H21N5O4S. The van der Waals surface area contributed by atoms with Crippen molar-refractivity contribution in [1.82, 2.24) is 25.9 Å². The molecule has 1 aliphatic rings. The molecule has 3 heterocycles. The molecule has 1 aliphatic heterocycles. The number of carbonyl (C=O) groups excluding carboxylic acids is 3. The fourth-order valence-corrected chi connectivity index (χ4v) is 3.91. The largest absolute Gasteiger partial charge is 0.344 e. The Balaban J connectivity index is 1.30. The Bertz CT molecular complexity index is 1080. The van der Waals surface area contributed by atoms with Gasteiger partial charge in [0.05, 0.1) is 4.88 Å². The molecule has 1 atom stereocenters. The number of aromatic nitrogens is 2. The number of nitrogens with zero attached hydrogens (tertiary/aromatic N) is 3. The van der Waals surface area contributed by atoms with Crippen LogP contribution in [0.5, 0.6) is 0 Å². The smallest absolute Gasteiger partial charge is 0.339 e. The number of nitrogens with one attached hydrogen (secondary N) is 2. The van der Waals surface area contributed by atoms with E-state index in [0.29, 0.717) is 24.6 Å². The van der Waals surface area contributed by atoms with E-state index in [-0.39, 0.29) is 12.8 Å². The molecule has 4 rings (SSSR count). The highest BCUT2D eigenvalue weighted by Crippen LogP contribution is 2.23. The normalized spacial score (nSPS) is 18.3. The van der Waals surface area contributed by atoms with Crippen molar-refractivity contribution in [2.75, 3.05) is 0 Å². The summed E-state index contributed by atoms with van der Waals surface area (Å²) in [5.74, 6) is -0.205. The van der Waals surface area contributed by atoms with Crippen LogP contribution in [0.3, 0.4) is 0 Å². The van der Waals surface area contributed by atoms with E-state index in [4.69, 9.17) is 4.52 Å². The molecule has 0 bridgehead atoms. The zero-order valence-electron chi connectivity index (χ0n) is 16.8. The third kappa shape index (κ3) is 4.64. The highest BCUT2D eigenvalue weighted by atomic mass is 32.1. The van der Waals surface area contributed by atoms with E-state index >= 15 is 0 Å². The van der Waals surface area contributed by atoms with Gasteiger partial charge in [-0.25, -0.2) is 4.79 Å². The lowest BCUT2D eigenvalue weighted by molar-refractivity contribution is -0.138. The van der Waals surface area contributed by atoms with E-state index in [0.717, 1.165) is 15.4 Å². The lowest BCUT2D eigenvalue weighted by Gasteiger charge is -2.21. The molecular weight excluding hydrogens is 418 g/mol. The predicted molar refractivity (Wildman–Crippen MR) is 113 cm³/mol. The van der Waals surface area contributed by atoms with Crippen LogP contribution in [0.15, 0.2) is 52.4 Å². The number of hydrazine groups is 1. The average molecular weight is 439 g/mol. The van der Waals surface area contributed by atoms with Crippen molar-refractivity contribution in [1.29, 1.82) is 0 Å². The summed E-state index contributed by atoms with van der Waals surface area (Å²) in [6, 6.07) is 12.8. The Morgan fingerprint density at radius 1 is 1.19 bits per heavy atom. The molecule has 1 fully saturated rings. The van der Waals surface area contributed by atoms with Crippen molar-refractivity contribution in [3.8, 4) is 10.7 Å². The fraction of sp³-hybridized carbons (Fsp3) is 0.286. The topological polar surface area (TPSA) is 117 Å². The first-order valence-corrected chi connectivity index (χ1v) is 10.7. The van der Waals surface area contributed by atoms with Gasteiger partial charge in [0.15, 0.2) is 0 Å². The number of thiophene rings is 1. The number of carbonyl (C=O) groups is 3. The van der Waals surface area contributed by atoms with E-state index < -0.39 is 23.4 Å². The second kappa shape index (κ2) is 8.68. The minimum Gasteiger partial charge on any atom is -0.339 e.